The summed E-state index contributed by atoms with van der Waals surface area (Å²) in [4.78, 5) is 4.52. The second kappa shape index (κ2) is 7.83. The van der Waals surface area contributed by atoms with Crippen molar-refractivity contribution in [3.63, 3.8) is 0 Å². The molecule has 0 bridgehead atoms. The van der Waals surface area contributed by atoms with Crippen LogP contribution in [-0.2, 0) is 6.54 Å². The van der Waals surface area contributed by atoms with Gasteiger partial charge in [0.05, 0.1) is 12.3 Å². The summed E-state index contributed by atoms with van der Waals surface area (Å²) in [5, 5.41) is 5.04. The Labute approximate surface area is 158 Å². The van der Waals surface area contributed by atoms with Gasteiger partial charge in [-0.15, -0.1) is 0 Å². The van der Waals surface area contributed by atoms with Crippen molar-refractivity contribution < 1.29 is 23.0 Å². The monoisotopic (exact) mass is 391 g/mol. The van der Waals surface area contributed by atoms with E-state index in [2.05, 4.69) is 20.3 Å². The molecule has 0 aromatic heterocycles. The molecule has 0 saturated heterocycles. The number of nitrogens with one attached hydrogen (secondary N) is 1. The molecule has 0 saturated carbocycles. The normalized spacial score (nSPS) is 17.0. The fourth-order valence-electron chi connectivity index (χ4n) is 2.58. The number of benzene rings is 2. The van der Waals surface area contributed by atoms with E-state index >= 15 is 0 Å². The van der Waals surface area contributed by atoms with Gasteiger partial charge < -0.3 is 14.2 Å². The third kappa shape index (κ3) is 4.30. The molecule has 2 aliphatic heterocycles. The number of thioether (sulfide) groups is 1. The number of hydrazone groups is 1. The smallest absolute Gasteiger partial charge is 0.387 e. The first-order valence-electron chi connectivity index (χ1n) is 8.11. The minimum absolute atomic E-state index is 0.122. The van der Waals surface area contributed by atoms with E-state index in [1.165, 1.54) is 23.9 Å². The van der Waals surface area contributed by atoms with Crippen molar-refractivity contribution in [2.75, 3.05) is 12.5 Å². The Bertz CT molecular complexity index is 888. The highest BCUT2D eigenvalue weighted by Crippen LogP contribution is 2.32. The minimum atomic E-state index is -2.83. The van der Waals surface area contributed by atoms with Gasteiger partial charge in [0.1, 0.15) is 5.75 Å². The average Bonchev–Trinajstić information content (AvgIpc) is 3.15. The van der Waals surface area contributed by atoms with Gasteiger partial charge in [-0.2, -0.15) is 13.9 Å². The molecule has 0 fully saturated rings. The van der Waals surface area contributed by atoms with Crippen molar-refractivity contribution in [3.05, 3.63) is 53.6 Å². The maximum absolute atomic E-state index is 12.2. The molecule has 9 heteroatoms. The van der Waals surface area contributed by atoms with E-state index in [9.17, 15) is 8.78 Å². The fourth-order valence-corrected chi connectivity index (χ4v) is 3.35. The van der Waals surface area contributed by atoms with Crippen LogP contribution < -0.4 is 19.6 Å². The number of amidine groups is 1. The molecular formula is C18H15F2N3O3S. The van der Waals surface area contributed by atoms with E-state index in [0.29, 0.717) is 17.5 Å². The summed E-state index contributed by atoms with van der Waals surface area (Å²) in [5.74, 6) is 2.23. The molecule has 4 rings (SSSR count). The fraction of sp³-hybridized carbons (Fsp3) is 0.222. The SMILES string of the molecule is FC(F)Oc1ccc(C2=NNC(=NCc3ccc4c(c3)OCO4)SC2)cc1. The van der Waals surface area contributed by atoms with Crippen molar-refractivity contribution in [1.29, 1.82) is 0 Å². The van der Waals surface area contributed by atoms with Gasteiger partial charge in [0.15, 0.2) is 16.7 Å². The first-order valence-corrected chi connectivity index (χ1v) is 9.09. The molecule has 2 aliphatic rings. The highest BCUT2D eigenvalue weighted by atomic mass is 32.2. The summed E-state index contributed by atoms with van der Waals surface area (Å²) in [6.07, 6.45) is 0. The van der Waals surface area contributed by atoms with Crippen molar-refractivity contribution in [1.82, 2.24) is 5.43 Å². The molecule has 140 valence electrons. The Morgan fingerprint density at radius 1 is 1.15 bits per heavy atom. The number of alkyl halides is 2. The molecule has 0 spiro atoms. The molecule has 0 aliphatic carbocycles. The van der Waals surface area contributed by atoms with Crippen LogP contribution in [0.5, 0.6) is 17.2 Å². The molecule has 27 heavy (non-hydrogen) atoms. The molecular weight excluding hydrogens is 376 g/mol. The van der Waals surface area contributed by atoms with Crippen LogP contribution in [0.15, 0.2) is 52.6 Å². The van der Waals surface area contributed by atoms with Crippen LogP contribution in [0, 0.1) is 0 Å². The lowest BCUT2D eigenvalue weighted by atomic mass is 10.1. The Morgan fingerprint density at radius 3 is 2.70 bits per heavy atom. The summed E-state index contributed by atoms with van der Waals surface area (Å²) in [7, 11) is 0. The van der Waals surface area contributed by atoms with Crippen LogP contribution in [0.1, 0.15) is 11.1 Å². The number of aliphatic imine (C=N–C) groups is 1. The Hall–Kier alpha value is -2.81. The zero-order chi connectivity index (χ0) is 18.6. The van der Waals surface area contributed by atoms with Gasteiger partial charge in [0.2, 0.25) is 6.79 Å². The number of nitrogens with zero attached hydrogens (tertiary/aromatic N) is 2. The van der Waals surface area contributed by atoms with Crippen molar-refractivity contribution in [3.8, 4) is 17.2 Å². The number of rotatable bonds is 5. The van der Waals surface area contributed by atoms with Gasteiger partial charge in [0, 0.05) is 5.75 Å². The molecule has 0 unspecified atom stereocenters. The molecule has 1 N–H and O–H groups in total. The van der Waals surface area contributed by atoms with E-state index in [1.807, 2.05) is 18.2 Å². The van der Waals surface area contributed by atoms with Gasteiger partial charge >= 0.3 is 6.61 Å². The van der Waals surface area contributed by atoms with Crippen molar-refractivity contribution in [2.45, 2.75) is 13.2 Å². The lowest BCUT2D eigenvalue weighted by Gasteiger charge is -2.15. The van der Waals surface area contributed by atoms with Gasteiger partial charge in [-0.25, -0.2) is 0 Å². The molecule has 6 nitrogen and oxygen atoms in total. The maximum atomic E-state index is 12.2. The van der Waals surface area contributed by atoms with Crippen LogP contribution in [0.25, 0.3) is 0 Å². The van der Waals surface area contributed by atoms with Crippen LogP contribution in [0.4, 0.5) is 8.78 Å². The van der Waals surface area contributed by atoms with Crippen LogP contribution in [0.3, 0.4) is 0 Å². The second-order valence-corrected chi connectivity index (χ2v) is 6.63. The van der Waals surface area contributed by atoms with Crippen LogP contribution in [0.2, 0.25) is 0 Å². The number of hydrogen-bond acceptors (Lipinski definition) is 6. The minimum Gasteiger partial charge on any atom is -0.454 e. The summed E-state index contributed by atoms with van der Waals surface area (Å²) in [6, 6.07) is 12.1. The Morgan fingerprint density at radius 2 is 1.96 bits per heavy atom. The first-order chi connectivity index (χ1) is 13.2. The third-order valence-corrected chi connectivity index (χ3v) is 4.80. The highest BCUT2D eigenvalue weighted by molar-refractivity contribution is 8.14. The number of hydrogen-bond donors (Lipinski definition) is 1. The van der Waals surface area contributed by atoms with Gasteiger partial charge in [0.25, 0.3) is 0 Å². The number of ether oxygens (including phenoxy) is 3. The van der Waals surface area contributed by atoms with Gasteiger partial charge in [-0.3, -0.25) is 10.4 Å². The summed E-state index contributed by atoms with van der Waals surface area (Å²) < 4.78 is 39.4. The molecule has 2 aromatic rings. The van der Waals surface area contributed by atoms with Crippen LogP contribution in [-0.4, -0.2) is 30.0 Å². The zero-order valence-electron chi connectivity index (χ0n) is 14.0. The lowest BCUT2D eigenvalue weighted by Crippen LogP contribution is -2.25. The topological polar surface area (TPSA) is 64.4 Å². The number of halogens is 2. The number of fused-ring (bicyclic) bond motifs is 1. The second-order valence-electron chi connectivity index (χ2n) is 5.67. The van der Waals surface area contributed by atoms with Crippen molar-refractivity contribution >= 4 is 22.6 Å². The van der Waals surface area contributed by atoms with E-state index in [-0.39, 0.29) is 12.5 Å². The standard InChI is InChI=1S/C18H15F2N3O3S/c19-17(20)26-13-4-2-12(3-5-13)14-9-27-18(23-22-14)21-8-11-1-6-15-16(7-11)25-10-24-15/h1-7,17H,8-10H2,(H,21,23). The molecule has 0 atom stereocenters. The average molecular weight is 391 g/mol. The molecule has 0 amide bonds. The molecule has 2 aromatic carbocycles. The quantitative estimate of drug-likeness (QED) is 0.844. The third-order valence-electron chi connectivity index (χ3n) is 3.89. The highest BCUT2D eigenvalue weighted by Gasteiger charge is 2.15. The Balaban J connectivity index is 1.37. The Kier molecular flexibility index (Phi) is 5.10. The van der Waals surface area contributed by atoms with E-state index in [4.69, 9.17) is 9.47 Å². The summed E-state index contributed by atoms with van der Waals surface area (Å²) >= 11 is 1.53. The van der Waals surface area contributed by atoms with Crippen molar-refractivity contribution in [2.24, 2.45) is 10.1 Å². The van der Waals surface area contributed by atoms with Gasteiger partial charge in [-0.05, 0) is 47.5 Å². The van der Waals surface area contributed by atoms with Gasteiger partial charge in [-0.1, -0.05) is 17.8 Å². The predicted octanol–water partition coefficient (Wildman–Crippen LogP) is 3.61. The van der Waals surface area contributed by atoms with Crippen LogP contribution >= 0.6 is 11.8 Å². The molecule has 2 heterocycles. The van der Waals surface area contributed by atoms with E-state index < -0.39 is 6.61 Å². The predicted molar refractivity (Wildman–Crippen MR) is 98.9 cm³/mol. The summed E-state index contributed by atoms with van der Waals surface area (Å²) in [5.41, 5.74) is 5.59. The lowest BCUT2D eigenvalue weighted by molar-refractivity contribution is -0.0498. The first kappa shape index (κ1) is 17.6. The largest absolute Gasteiger partial charge is 0.454 e. The van der Waals surface area contributed by atoms with E-state index in [0.717, 1.165) is 28.3 Å². The molecule has 0 radical (unpaired) electrons. The van der Waals surface area contributed by atoms with E-state index in [1.54, 1.807) is 12.1 Å². The zero-order valence-corrected chi connectivity index (χ0v) is 14.8. The summed E-state index contributed by atoms with van der Waals surface area (Å²) in [6.45, 7) is -2.09. The maximum Gasteiger partial charge on any atom is 0.387 e.